The number of rotatable bonds is 3. The molecule has 1 fully saturated rings. The molecule has 3 heteroatoms. The molecule has 2 N–H and O–H groups in total. The number of hydrogen-bond acceptors (Lipinski definition) is 3. The summed E-state index contributed by atoms with van der Waals surface area (Å²) in [5.41, 5.74) is 5.81. The quantitative estimate of drug-likeness (QED) is 0.828. The lowest BCUT2D eigenvalue weighted by molar-refractivity contribution is 0.0748. The van der Waals surface area contributed by atoms with Crippen LogP contribution < -0.4 is 5.73 Å². The van der Waals surface area contributed by atoms with E-state index in [1.807, 2.05) is 30.3 Å². The van der Waals surface area contributed by atoms with Crippen LogP contribution in [0.25, 0.3) is 0 Å². The van der Waals surface area contributed by atoms with Crippen LogP contribution in [0.15, 0.2) is 30.3 Å². The lowest BCUT2D eigenvalue weighted by Crippen LogP contribution is -2.43. The first-order valence-electron chi connectivity index (χ1n) is 6.44. The third-order valence-corrected chi connectivity index (χ3v) is 3.99. The first kappa shape index (κ1) is 12.8. The molecule has 18 heavy (non-hydrogen) atoms. The van der Waals surface area contributed by atoms with E-state index in [1.54, 1.807) is 0 Å². The summed E-state index contributed by atoms with van der Waals surface area (Å²) in [6, 6.07) is 11.5. The molecule has 2 unspecified atom stereocenters. The zero-order valence-electron chi connectivity index (χ0n) is 10.4. The summed E-state index contributed by atoms with van der Waals surface area (Å²) in [6.07, 6.45) is 3.51. The number of ketones is 1. The Morgan fingerprint density at radius 1 is 1.39 bits per heavy atom. The molecule has 1 aliphatic rings. The second-order valence-electron chi connectivity index (χ2n) is 5.00. The van der Waals surface area contributed by atoms with Crippen LogP contribution >= 0.6 is 0 Å². The Balaban J connectivity index is 2.31. The van der Waals surface area contributed by atoms with Gasteiger partial charge in [0.05, 0.1) is 11.5 Å². The van der Waals surface area contributed by atoms with E-state index in [9.17, 15) is 10.1 Å². The normalized spacial score (nSPS) is 27.4. The third-order valence-electron chi connectivity index (χ3n) is 3.99. The topological polar surface area (TPSA) is 66.9 Å². The van der Waals surface area contributed by atoms with Gasteiger partial charge in [-0.3, -0.25) is 4.79 Å². The maximum absolute atomic E-state index is 12.5. The van der Waals surface area contributed by atoms with Gasteiger partial charge in [0.25, 0.3) is 0 Å². The summed E-state index contributed by atoms with van der Waals surface area (Å²) in [7, 11) is 0. The Labute approximate surface area is 108 Å². The Morgan fingerprint density at radius 2 is 2.11 bits per heavy atom. The second-order valence-corrected chi connectivity index (χ2v) is 5.00. The van der Waals surface area contributed by atoms with Crippen LogP contribution in [-0.4, -0.2) is 12.3 Å². The molecule has 0 amide bonds. The van der Waals surface area contributed by atoms with Crippen molar-refractivity contribution >= 4 is 5.78 Å². The Morgan fingerprint density at radius 3 is 2.72 bits per heavy atom. The number of carbonyl (C=O) groups is 1. The average Bonchev–Trinajstić information content (AvgIpc) is 2.47. The van der Waals surface area contributed by atoms with Crippen LogP contribution in [0.1, 0.15) is 36.0 Å². The lowest BCUT2D eigenvalue weighted by Gasteiger charge is -2.37. The van der Waals surface area contributed by atoms with Crippen molar-refractivity contribution < 1.29 is 4.79 Å². The lowest BCUT2D eigenvalue weighted by atomic mass is 9.64. The first-order chi connectivity index (χ1) is 8.73. The molecule has 0 saturated heterocycles. The van der Waals surface area contributed by atoms with Gasteiger partial charge in [-0.2, -0.15) is 5.26 Å². The van der Waals surface area contributed by atoms with Gasteiger partial charge in [0.2, 0.25) is 0 Å². The molecule has 3 nitrogen and oxygen atoms in total. The molecule has 0 spiro atoms. The fourth-order valence-corrected chi connectivity index (χ4v) is 2.85. The molecule has 0 aromatic heterocycles. The highest BCUT2D eigenvalue weighted by Gasteiger charge is 2.44. The Bertz CT molecular complexity index is 463. The number of hydrogen-bond donors (Lipinski definition) is 1. The molecule has 0 bridgehead atoms. The number of nitrogens with two attached hydrogens (primary N) is 1. The molecular weight excluding hydrogens is 224 g/mol. The molecule has 1 saturated carbocycles. The second kappa shape index (κ2) is 5.32. The van der Waals surface area contributed by atoms with Crippen LogP contribution in [0, 0.1) is 22.7 Å². The van der Waals surface area contributed by atoms with E-state index in [4.69, 9.17) is 5.73 Å². The van der Waals surface area contributed by atoms with Crippen LogP contribution in [0.5, 0.6) is 0 Å². The summed E-state index contributed by atoms with van der Waals surface area (Å²) in [4.78, 5) is 12.5. The van der Waals surface area contributed by atoms with Gasteiger partial charge < -0.3 is 5.73 Å². The summed E-state index contributed by atoms with van der Waals surface area (Å²) < 4.78 is 0. The number of nitriles is 1. The fourth-order valence-electron chi connectivity index (χ4n) is 2.85. The molecular formula is C15H18N2O. The highest BCUT2D eigenvalue weighted by Crippen LogP contribution is 2.41. The number of benzene rings is 1. The van der Waals surface area contributed by atoms with Crippen LogP contribution in [0.2, 0.25) is 0 Å². The van der Waals surface area contributed by atoms with Crippen molar-refractivity contribution in [3.8, 4) is 6.07 Å². The summed E-state index contributed by atoms with van der Waals surface area (Å²) in [5, 5.41) is 9.43. The summed E-state index contributed by atoms with van der Waals surface area (Å²) in [6.45, 7) is 0.271. The van der Waals surface area contributed by atoms with Crippen LogP contribution in [0.4, 0.5) is 0 Å². The molecule has 2 atom stereocenters. The number of nitrogens with zero attached hydrogens (tertiary/aromatic N) is 1. The zero-order valence-corrected chi connectivity index (χ0v) is 10.4. The monoisotopic (exact) mass is 242 g/mol. The predicted molar refractivity (Wildman–Crippen MR) is 69.8 cm³/mol. The molecule has 1 aromatic rings. The zero-order chi connectivity index (χ0) is 13.0. The van der Waals surface area contributed by atoms with Crippen molar-refractivity contribution in [1.82, 2.24) is 0 Å². The maximum atomic E-state index is 12.5. The van der Waals surface area contributed by atoms with Gasteiger partial charge in [0.1, 0.15) is 0 Å². The fraction of sp³-hybridized carbons (Fsp3) is 0.467. The Hall–Kier alpha value is -1.66. The van der Waals surface area contributed by atoms with E-state index in [1.165, 1.54) is 0 Å². The van der Waals surface area contributed by atoms with Crippen molar-refractivity contribution in [2.45, 2.75) is 25.7 Å². The van der Waals surface area contributed by atoms with Gasteiger partial charge in [-0.15, -0.1) is 0 Å². The van der Waals surface area contributed by atoms with Gasteiger partial charge in [-0.25, -0.2) is 0 Å². The number of carbonyl (C=O) groups excluding carboxylic acids is 1. The van der Waals surface area contributed by atoms with E-state index < -0.39 is 5.41 Å². The van der Waals surface area contributed by atoms with Gasteiger partial charge in [0, 0.05) is 18.0 Å². The maximum Gasteiger partial charge on any atom is 0.167 e. The number of Topliss-reactive ketones (excluding diaryl/α,β-unsaturated/α-hetero) is 1. The van der Waals surface area contributed by atoms with Crippen molar-refractivity contribution in [1.29, 1.82) is 5.26 Å². The minimum atomic E-state index is -0.662. The van der Waals surface area contributed by atoms with Crippen LogP contribution in [-0.2, 0) is 0 Å². The molecule has 1 aliphatic carbocycles. The highest BCUT2D eigenvalue weighted by atomic mass is 16.1. The van der Waals surface area contributed by atoms with Gasteiger partial charge >= 0.3 is 0 Å². The van der Waals surface area contributed by atoms with Crippen LogP contribution in [0.3, 0.4) is 0 Å². The molecule has 1 aromatic carbocycles. The van der Waals surface area contributed by atoms with E-state index in [-0.39, 0.29) is 18.2 Å². The minimum Gasteiger partial charge on any atom is -0.329 e. The molecule has 94 valence electrons. The molecule has 0 aliphatic heterocycles. The highest BCUT2D eigenvalue weighted by molar-refractivity contribution is 5.98. The van der Waals surface area contributed by atoms with E-state index >= 15 is 0 Å². The Kier molecular flexibility index (Phi) is 3.78. The van der Waals surface area contributed by atoms with Crippen molar-refractivity contribution in [3.63, 3.8) is 0 Å². The predicted octanol–water partition coefficient (Wildman–Crippen LogP) is 2.53. The van der Waals surface area contributed by atoms with Crippen molar-refractivity contribution in [3.05, 3.63) is 35.9 Å². The van der Waals surface area contributed by atoms with Crippen molar-refractivity contribution in [2.75, 3.05) is 6.54 Å². The average molecular weight is 242 g/mol. The molecule has 0 heterocycles. The largest absolute Gasteiger partial charge is 0.329 e. The molecule has 0 radical (unpaired) electrons. The summed E-state index contributed by atoms with van der Waals surface area (Å²) >= 11 is 0. The van der Waals surface area contributed by atoms with Crippen molar-refractivity contribution in [2.24, 2.45) is 17.1 Å². The van der Waals surface area contributed by atoms with Gasteiger partial charge in [-0.1, -0.05) is 43.2 Å². The SMILES string of the molecule is N#CC1(CN)CCCCC1C(=O)c1ccccc1. The van der Waals surface area contributed by atoms with E-state index in [0.717, 1.165) is 25.7 Å². The van der Waals surface area contributed by atoms with Gasteiger partial charge in [-0.05, 0) is 12.8 Å². The standard InChI is InChI=1S/C15H18N2O/c16-10-15(11-17)9-5-4-8-13(15)14(18)12-6-2-1-3-7-12/h1-3,6-7,13H,4-5,8-10,16H2. The van der Waals surface area contributed by atoms with Gasteiger partial charge in [0.15, 0.2) is 5.78 Å². The van der Waals surface area contributed by atoms with E-state index in [0.29, 0.717) is 5.56 Å². The first-order valence-corrected chi connectivity index (χ1v) is 6.44. The smallest absolute Gasteiger partial charge is 0.167 e. The summed E-state index contributed by atoms with van der Waals surface area (Å²) in [5.74, 6) is -0.175. The molecule has 2 rings (SSSR count). The third kappa shape index (κ3) is 2.16. The van der Waals surface area contributed by atoms with E-state index in [2.05, 4.69) is 6.07 Å². The minimum absolute atomic E-state index is 0.0716.